The lowest BCUT2D eigenvalue weighted by Crippen LogP contribution is -2.49. The largest absolute Gasteiger partial charge is 0.381 e. The van der Waals surface area contributed by atoms with Gasteiger partial charge in [-0.3, -0.25) is 4.79 Å². The van der Waals surface area contributed by atoms with E-state index in [9.17, 15) is 4.79 Å². The van der Waals surface area contributed by atoms with Crippen molar-refractivity contribution in [3.05, 3.63) is 33.8 Å². The van der Waals surface area contributed by atoms with Crippen LogP contribution < -0.4 is 10.6 Å². The van der Waals surface area contributed by atoms with E-state index in [-0.39, 0.29) is 17.7 Å². The summed E-state index contributed by atoms with van der Waals surface area (Å²) in [6, 6.07) is 5.41. The van der Waals surface area contributed by atoms with E-state index in [2.05, 4.69) is 10.6 Å². The first kappa shape index (κ1) is 19.0. The molecule has 0 spiro atoms. The van der Waals surface area contributed by atoms with E-state index in [4.69, 9.17) is 27.9 Å². The van der Waals surface area contributed by atoms with Crippen LogP contribution in [0.5, 0.6) is 0 Å². The number of amides is 1. The van der Waals surface area contributed by atoms with Gasteiger partial charge in [-0.25, -0.2) is 0 Å². The predicted molar refractivity (Wildman–Crippen MR) is 101 cm³/mol. The fraction of sp³-hybridized carbons (Fsp3) is 0.632. The molecule has 25 heavy (non-hydrogen) atoms. The molecule has 0 unspecified atom stereocenters. The number of hydrogen-bond donors (Lipinski definition) is 2. The average Bonchev–Trinajstić information content (AvgIpc) is 2.65. The highest BCUT2D eigenvalue weighted by Crippen LogP contribution is 2.42. The molecule has 2 fully saturated rings. The highest BCUT2D eigenvalue weighted by Gasteiger charge is 2.40. The molecule has 0 bridgehead atoms. The van der Waals surface area contributed by atoms with E-state index >= 15 is 0 Å². The lowest BCUT2D eigenvalue weighted by atomic mass is 9.66. The predicted octanol–water partition coefficient (Wildman–Crippen LogP) is 3.45. The zero-order valence-electron chi connectivity index (χ0n) is 14.5. The van der Waals surface area contributed by atoms with Crippen LogP contribution in [0.4, 0.5) is 0 Å². The van der Waals surface area contributed by atoms with Crippen LogP contribution in [-0.4, -0.2) is 38.8 Å². The number of piperidine rings is 1. The number of carbonyl (C=O) groups excluding carboxylic acids is 1. The van der Waals surface area contributed by atoms with Crippen molar-refractivity contribution in [3.63, 3.8) is 0 Å². The van der Waals surface area contributed by atoms with Gasteiger partial charge >= 0.3 is 0 Å². The molecule has 6 heteroatoms. The molecule has 4 nitrogen and oxygen atoms in total. The lowest BCUT2D eigenvalue weighted by Gasteiger charge is -2.45. The molecule has 0 atom stereocenters. The highest BCUT2D eigenvalue weighted by molar-refractivity contribution is 6.42. The molecule has 2 aliphatic heterocycles. The van der Waals surface area contributed by atoms with Crippen molar-refractivity contribution in [2.75, 3.05) is 32.8 Å². The van der Waals surface area contributed by atoms with E-state index in [0.29, 0.717) is 16.0 Å². The molecule has 2 heterocycles. The Morgan fingerprint density at radius 2 is 1.96 bits per heavy atom. The first-order valence-electron chi connectivity index (χ1n) is 9.09. The Morgan fingerprint density at radius 3 is 2.68 bits per heavy atom. The van der Waals surface area contributed by atoms with E-state index in [1.807, 2.05) is 12.1 Å². The number of hydrogen-bond acceptors (Lipinski definition) is 3. The smallest absolute Gasteiger partial charge is 0.224 e. The van der Waals surface area contributed by atoms with Crippen LogP contribution in [0.3, 0.4) is 0 Å². The second-order valence-corrected chi connectivity index (χ2v) is 7.95. The number of halogens is 2. The molecule has 0 saturated carbocycles. The highest BCUT2D eigenvalue weighted by atomic mass is 35.5. The molecule has 3 rings (SSSR count). The quantitative estimate of drug-likeness (QED) is 0.817. The molecule has 1 aromatic rings. The summed E-state index contributed by atoms with van der Waals surface area (Å²) >= 11 is 12.2. The fourth-order valence-corrected chi connectivity index (χ4v) is 4.52. The molecule has 138 valence electrons. The van der Waals surface area contributed by atoms with Crippen molar-refractivity contribution in [2.45, 2.75) is 32.1 Å². The summed E-state index contributed by atoms with van der Waals surface area (Å²) in [5.74, 6) is 0.650. The van der Waals surface area contributed by atoms with Gasteiger partial charge in [0.2, 0.25) is 5.91 Å². The maximum Gasteiger partial charge on any atom is 0.224 e. The van der Waals surface area contributed by atoms with Crippen molar-refractivity contribution >= 4 is 29.1 Å². The van der Waals surface area contributed by atoms with Crippen LogP contribution in [0.25, 0.3) is 0 Å². The van der Waals surface area contributed by atoms with Gasteiger partial charge in [0.15, 0.2) is 0 Å². The molecule has 1 aromatic carbocycles. The molecular formula is C19H26Cl2N2O2. The van der Waals surface area contributed by atoms with Crippen molar-refractivity contribution in [3.8, 4) is 0 Å². The van der Waals surface area contributed by atoms with Crippen LogP contribution in [0.1, 0.15) is 31.2 Å². The van der Waals surface area contributed by atoms with Gasteiger partial charge in [-0.05, 0) is 61.7 Å². The zero-order chi connectivity index (χ0) is 17.7. The van der Waals surface area contributed by atoms with E-state index in [1.165, 1.54) is 12.8 Å². The van der Waals surface area contributed by atoms with E-state index in [0.717, 1.165) is 51.3 Å². The molecule has 2 saturated heterocycles. The first-order chi connectivity index (χ1) is 12.1. The Balaban J connectivity index is 1.62. The molecule has 2 N–H and O–H groups in total. The van der Waals surface area contributed by atoms with Crippen LogP contribution in [0, 0.1) is 11.3 Å². The Morgan fingerprint density at radius 1 is 1.24 bits per heavy atom. The molecule has 2 aliphatic rings. The van der Waals surface area contributed by atoms with Gasteiger partial charge < -0.3 is 15.4 Å². The number of benzene rings is 1. The number of rotatable bonds is 5. The fourth-order valence-electron chi connectivity index (χ4n) is 4.14. The third-order valence-electron chi connectivity index (χ3n) is 5.71. The lowest BCUT2D eigenvalue weighted by molar-refractivity contribution is -0.122. The summed E-state index contributed by atoms with van der Waals surface area (Å²) in [5, 5.41) is 7.56. The van der Waals surface area contributed by atoms with E-state index < -0.39 is 0 Å². The molecule has 0 radical (unpaired) electrons. The van der Waals surface area contributed by atoms with Gasteiger partial charge in [0.25, 0.3) is 0 Å². The Kier molecular flexibility index (Phi) is 6.61. The molecule has 0 aliphatic carbocycles. The van der Waals surface area contributed by atoms with Gasteiger partial charge in [-0.1, -0.05) is 35.3 Å². The Bertz CT molecular complexity index is 597. The minimum atomic E-state index is 0.00367. The SMILES string of the molecule is O=C(Cc1cccc(Cl)c1Cl)NCC1(C2CCNCC2)CCOCC1. The van der Waals surface area contributed by atoms with Gasteiger partial charge in [0.05, 0.1) is 16.5 Å². The van der Waals surface area contributed by atoms with Crippen LogP contribution in [0.2, 0.25) is 10.0 Å². The van der Waals surface area contributed by atoms with Gasteiger partial charge in [-0.2, -0.15) is 0 Å². The van der Waals surface area contributed by atoms with E-state index in [1.54, 1.807) is 6.07 Å². The molecule has 0 aromatic heterocycles. The summed E-state index contributed by atoms with van der Waals surface area (Å²) in [5.41, 5.74) is 0.934. The van der Waals surface area contributed by atoms with Crippen molar-refractivity contribution in [1.29, 1.82) is 0 Å². The summed E-state index contributed by atoms with van der Waals surface area (Å²) in [6.07, 6.45) is 4.66. The standard InChI is InChI=1S/C19H26Cl2N2O2/c20-16-3-1-2-14(18(16)21)12-17(24)23-13-19(6-10-25-11-7-19)15-4-8-22-9-5-15/h1-3,15,22H,4-13H2,(H,23,24). The number of ether oxygens (including phenoxy) is 1. The Labute approximate surface area is 159 Å². The van der Waals surface area contributed by atoms with Crippen LogP contribution >= 0.6 is 23.2 Å². The van der Waals surface area contributed by atoms with Gasteiger partial charge in [-0.15, -0.1) is 0 Å². The average molecular weight is 385 g/mol. The number of carbonyl (C=O) groups is 1. The summed E-state index contributed by atoms with van der Waals surface area (Å²) in [7, 11) is 0. The zero-order valence-corrected chi connectivity index (χ0v) is 16.0. The second kappa shape index (κ2) is 8.72. The second-order valence-electron chi connectivity index (χ2n) is 7.17. The van der Waals surface area contributed by atoms with Crippen molar-refractivity contribution < 1.29 is 9.53 Å². The molecule has 1 amide bonds. The third-order valence-corrected chi connectivity index (χ3v) is 6.57. The molecular weight excluding hydrogens is 359 g/mol. The Hall–Kier alpha value is -0.810. The normalized spacial score (nSPS) is 21.0. The van der Waals surface area contributed by atoms with Crippen molar-refractivity contribution in [1.82, 2.24) is 10.6 Å². The van der Waals surface area contributed by atoms with Crippen LogP contribution in [-0.2, 0) is 16.0 Å². The summed E-state index contributed by atoms with van der Waals surface area (Å²) in [4.78, 5) is 12.5. The summed E-state index contributed by atoms with van der Waals surface area (Å²) < 4.78 is 5.59. The summed E-state index contributed by atoms with van der Waals surface area (Å²) in [6.45, 7) is 4.44. The minimum Gasteiger partial charge on any atom is -0.381 e. The first-order valence-corrected chi connectivity index (χ1v) is 9.84. The van der Waals surface area contributed by atoms with Gasteiger partial charge in [0.1, 0.15) is 0 Å². The number of nitrogens with one attached hydrogen (secondary N) is 2. The topological polar surface area (TPSA) is 50.4 Å². The van der Waals surface area contributed by atoms with Crippen LogP contribution in [0.15, 0.2) is 18.2 Å². The maximum atomic E-state index is 12.5. The maximum absolute atomic E-state index is 12.5. The van der Waals surface area contributed by atoms with Gasteiger partial charge in [0, 0.05) is 19.8 Å². The monoisotopic (exact) mass is 384 g/mol. The minimum absolute atomic E-state index is 0.00367. The van der Waals surface area contributed by atoms with Crippen molar-refractivity contribution in [2.24, 2.45) is 11.3 Å². The third kappa shape index (κ3) is 4.68.